The monoisotopic (exact) mass is 350 g/mol. The summed E-state index contributed by atoms with van der Waals surface area (Å²) in [6, 6.07) is 0. The Bertz CT molecular complexity index is 502. The van der Waals surface area contributed by atoms with Crippen LogP contribution in [-0.4, -0.2) is 96.2 Å². The molecule has 3 heterocycles. The highest BCUT2D eigenvalue weighted by Crippen LogP contribution is 2.22. The zero-order chi connectivity index (χ0) is 17.8. The second kappa shape index (κ2) is 8.17. The molecular formula is C18H30N4O3. The fraction of sp³-hybridized carbons (Fsp3) is 0.833. The Kier molecular flexibility index (Phi) is 5.93. The largest absolute Gasteiger partial charge is 0.342 e. The van der Waals surface area contributed by atoms with Gasteiger partial charge < -0.3 is 14.7 Å². The second-order valence-electron chi connectivity index (χ2n) is 7.47. The van der Waals surface area contributed by atoms with Gasteiger partial charge in [0.2, 0.25) is 17.7 Å². The molecule has 0 aliphatic carbocycles. The summed E-state index contributed by atoms with van der Waals surface area (Å²) < 4.78 is 0. The quantitative estimate of drug-likeness (QED) is 0.719. The van der Waals surface area contributed by atoms with Gasteiger partial charge in [0.15, 0.2) is 0 Å². The van der Waals surface area contributed by atoms with E-state index in [0.29, 0.717) is 38.6 Å². The maximum atomic E-state index is 12.5. The highest BCUT2D eigenvalue weighted by atomic mass is 16.2. The summed E-state index contributed by atoms with van der Waals surface area (Å²) in [5.74, 6) is 0.691. The van der Waals surface area contributed by atoms with Gasteiger partial charge in [0.05, 0.1) is 6.54 Å². The van der Waals surface area contributed by atoms with Crippen LogP contribution in [-0.2, 0) is 14.4 Å². The van der Waals surface area contributed by atoms with E-state index in [1.165, 1.54) is 0 Å². The fourth-order valence-electron chi connectivity index (χ4n) is 4.10. The third-order valence-corrected chi connectivity index (χ3v) is 5.79. The Morgan fingerprint density at radius 2 is 1.32 bits per heavy atom. The van der Waals surface area contributed by atoms with Gasteiger partial charge in [-0.05, 0) is 38.8 Å². The molecule has 0 aromatic carbocycles. The van der Waals surface area contributed by atoms with Crippen LogP contribution < -0.4 is 0 Å². The van der Waals surface area contributed by atoms with Crippen molar-refractivity contribution in [1.29, 1.82) is 0 Å². The van der Waals surface area contributed by atoms with E-state index in [1.807, 2.05) is 9.80 Å². The summed E-state index contributed by atoms with van der Waals surface area (Å²) in [5.41, 5.74) is 0. The lowest BCUT2D eigenvalue weighted by Gasteiger charge is -2.37. The molecule has 0 radical (unpaired) electrons. The minimum absolute atomic E-state index is 0.0804. The third-order valence-electron chi connectivity index (χ3n) is 5.79. The van der Waals surface area contributed by atoms with Crippen LogP contribution in [0.2, 0.25) is 0 Å². The number of amides is 3. The van der Waals surface area contributed by atoms with Crippen molar-refractivity contribution in [3.8, 4) is 0 Å². The van der Waals surface area contributed by atoms with E-state index in [9.17, 15) is 14.4 Å². The van der Waals surface area contributed by atoms with Crippen LogP contribution >= 0.6 is 0 Å². The van der Waals surface area contributed by atoms with Gasteiger partial charge in [-0.15, -0.1) is 0 Å². The number of likely N-dealkylation sites (tertiary alicyclic amines) is 2. The summed E-state index contributed by atoms with van der Waals surface area (Å²) in [7, 11) is 0. The van der Waals surface area contributed by atoms with Crippen molar-refractivity contribution >= 4 is 17.7 Å². The Labute approximate surface area is 149 Å². The number of piperidine rings is 1. The first-order chi connectivity index (χ1) is 12.0. The SMILES string of the molecule is CC(=O)N1CCN(C(=O)CN2CCC(C(=O)N3CCCC3)CC2)CC1. The average molecular weight is 350 g/mol. The molecule has 3 rings (SSSR count). The molecule has 0 bridgehead atoms. The number of carbonyl (C=O) groups excluding carboxylic acids is 3. The van der Waals surface area contributed by atoms with Crippen molar-refractivity contribution in [3.63, 3.8) is 0 Å². The van der Waals surface area contributed by atoms with Gasteiger partial charge in [-0.2, -0.15) is 0 Å². The molecule has 0 aromatic heterocycles. The van der Waals surface area contributed by atoms with Gasteiger partial charge in [-0.25, -0.2) is 0 Å². The van der Waals surface area contributed by atoms with Crippen molar-refractivity contribution in [2.45, 2.75) is 32.6 Å². The van der Waals surface area contributed by atoms with E-state index < -0.39 is 0 Å². The van der Waals surface area contributed by atoms with Gasteiger partial charge >= 0.3 is 0 Å². The van der Waals surface area contributed by atoms with Crippen LogP contribution in [0.15, 0.2) is 0 Å². The smallest absolute Gasteiger partial charge is 0.236 e. The second-order valence-corrected chi connectivity index (χ2v) is 7.47. The summed E-state index contributed by atoms with van der Waals surface area (Å²) in [5, 5.41) is 0. The third kappa shape index (κ3) is 4.51. The Hall–Kier alpha value is -1.63. The lowest BCUT2D eigenvalue weighted by atomic mass is 9.95. The Morgan fingerprint density at radius 1 is 0.760 bits per heavy atom. The molecule has 3 aliphatic rings. The molecule has 7 nitrogen and oxygen atoms in total. The normalized spacial score (nSPS) is 23.2. The van der Waals surface area contributed by atoms with Crippen LogP contribution in [0.3, 0.4) is 0 Å². The molecule has 0 spiro atoms. The van der Waals surface area contributed by atoms with E-state index in [0.717, 1.165) is 51.9 Å². The van der Waals surface area contributed by atoms with Crippen molar-refractivity contribution in [1.82, 2.24) is 19.6 Å². The van der Waals surface area contributed by atoms with Crippen molar-refractivity contribution < 1.29 is 14.4 Å². The summed E-state index contributed by atoms with van der Waals surface area (Å²) in [6.45, 7) is 8.02. The maximum absolute atomic E-state index is 12.5. The van der Waals surface area contributed by atoms with Crippen LogP contribution in [0.4, 0.5) is 0 Å². The first kappa shape index (κ1) is 18.2. The summed E-state index contributed by atoms with van der Waals surface area (Å²) in [6.07, 6.45) is 3.99. The minimum atomic E-state index is 0.0804. The van der Waals surface area contributed by atoms with E-state index in [-0.39, 0.29) is 17.7 Å². The molecule has 0 atom stereocenters. The van der Waals surface area contributed by atoms with Gasteiger partial charge in [-0.1, -0.05) is 0 Å². The predicted octanol–water partition coefficient (Wildman–Crippen LogP) is 0.0115. The van der Waals surface area contributed by atoms with Gasteiger partial charge in [0, 0.05) is 52.1 Å². The zero-order valence-electron chi connectivity index (χ0n) is 15.3. The topological polar surface area (TPSA) is 64.2 Å². The van der Waals surface area contributed by atoms with E-state index in [1.54, 1.807) is 11.8 Å². The highest BCUT2D eigenvalue weighted by molar-refractivity contribution is 5.80. The number of carbonyl (C=O) groups is 3. The highest BCUT2D eigenvalue weighted by Gasteiger charge is 2.31. The molecule has 7 heteroatoms. The maximum Gasteiger partial charge on any atom is 0.236 e. The molecule has 3 aliphatic heterocycles. The minimum Gasteiger partial charge on any atom is -0.342 e. The van der Waals surface area contributed by atoms with Gasteiger partial charge in [-0.3, -0.25) is 19.3 Å². The van der Waals surface area contributed by atoms with E-state index in [2.05, 4.69) is 4.90 Å². The van der Waals surface area contributed by atoms with Crippen LogP contribution in [0.25, 0.3) is 0 Å². The first-order valence-corrected chi connectivity index (χ1v) is 9.59. The Morgan fingerprint density at radius 3 is 1.88 bits per heavy atom. The molecule has 25 heavy (non-hydrogen) atoms. The van der Waals surface area contributed by atoms with Crippen molar-refractivity contribution in [2.75, 3.05) is 58.9 Å². The molecule has 3 fully saturated rings. The molecular weight excluding hydrogens is 320 g/mol. The van der Waals surface area contributed by atoms with Crippen LogP contribution in [0.5, 0.6) is 0 Å². The average Bonchev–Trinajstić information content (AvgIpc) is 3.16. The zero-order valence-corrected chi connectivity index (χ0v) is 15.3. The number of nitrogens with zero attached hydrogens (tertiary/aromatic N) is 4. The molecule has 0 saturated carbocycles. The van der Waals surface area contributed by atoms with Gasteiger partial charge in [0.25, 0.3) is 0 Å². The predicted molar refractivity (Wildman–Crippen MR) is 93.8 cm³/mol. The molecule has 0 aromatic rings. The van der Waals surface area contributed by atoms with Gasteiger partial charge in [0.1, 0.15) is 0 Å². The number of rotatable bonds is 3. The van der Waals surface area contributed by atoms with Crippen LogP contribution in [0.1, 0.15) is 32.6 Å². The fourth-order valence-corrected chi connectivity index (χ4v) is 4.10. The van der Waals surface area contributed by atoms with Crippen molar-refractivity contribution in [2.24, 2.45) is 5.92 Å². The van der Waals surface area contributed by atoms with E-state index in [4.69, 9.17) is 0 Å². The number of piperazine rings is 1. The van der Waals surface area contributed by atoms with E-state index >= 15 is 0 Å². The Balaban J connectivity index is 1.39. The van der Waals surface area contributed by atoms with Crippen molar-refractivity contribution in [3.05, 3.63) is 0 Å². The summed E-state index contributed by atoms with van der Waals surface area (Å²) >= 11 is 0. The molecule has 3 amide bonds. The first-order valence-electron chi connectivity index (χ1n) is 9.59. The molecule has 0 unspecified atom stereocenters. The number of hydrogen-bond donors (Lipinski definition) is 0. The number of hydrogen-bond acceptors (Lipinski definition) is 4. The lowest BCUT2D eigenvalue weighted by molar-refractivity contribution is -0.140. The standard InChI is InChI=1S/C18H30N4O3/c1-15(23)20-10-12-21(13-11-20)17(24)14-19-8-4-16(5-9-19)18(25)22-6-2-3-7-22/h16H,2-14H2,1H3. The molecule has 140 valence electrons. The molecule has 3 saturated heterocycles. The summed E-state index contributed by atoms with van der Waals surface area (Å²) in [4.78, 5) is 44.1. The van der Waals surface area contributed by atoms with Crippen LogP contribution in [0, 0.1) is 5.92 Å². The lowest BCUT2D eigenvalue weighted by Crippen LogP contribution is -2.53. The molecule has 0 N–H and O–H groups in total.